The van der Waals surface area contributed by atoms with Gasteiger partial charge in [-0.05, 0) is 24.3 Å². The molecule has 0 radical (unpaired) electrons. The topological polar surface area (TPSA) is 60.9 Å². The van der Waals surface area contributed by atoms with Crippen molar-refractivity contribution >= 4 is 5.91 Å². The number of hydrogen-bond donors (Lipinski definition) is 0. The highest BCUT2D eigenvalue weighted by molar-refractivity contribution is 5.77. The highest BCUT2D eigenvalue weighted by Gasteiger charge is 2.25. The van der Waals surface area contributed by atoms with E-state index in [1.165, 1.54) is 0 Å². The van der Waals surface area contributed by atoms with E-state index in [2.05, 4.69) is 4.98 Å². The summed E-state index contributed by atoms with van der Waals surface area (Å²) in [5.74, 6) is 1.33. The molecular formula is C18H20N2O4. The predicted octanol–water partition coefficient (Wildman–Crippen LogP) is 1.77. The van der Waals surface area contributed by atoms with Gasteiger partial charge in [0.05, 0.1) is 19.3 Å². The highest BCUT2D eigenvalue weighted by Crippen LogP contribution is 2.12. The molecule has 0 aliphatic carbocycles. The fourth-order valence-corrected chi connectivity index (χ4v) is 2.42. The van der Waals surface area contributed by atoms with Crippen LogP contribution in [0.3, 0.4) is 0 Å². The Labute approximate surface area is 141 Å². The minimum atomic E-state index is -0.153. The molecule has 1 unspecified atom stereocenters. The summed E-state index contributed by atoms with van der Waals surface area (Å²) in [7, 11) is 0. The molecule has 3 rings (SSSR count). The van der Waals surface area contributed by atoms with E-state index >= 15 is 0 Å². The molecule has 1 aliphatic heterocycles. The van der Waals surface area contributed by atoms with E-state index in [9.17, 15) is 4.79 Å². The van der Waals surface area contributed by atoms with Gasteiger partial charge in [-0.2, -0.15) is 0 Å². The van der Waals surface area contributed by atoms with Crippen LogP contribution in [0.25, 0.3) is 0 Å². The average molecular weight is 328 g/mol. The number of ether oxygens (including phenoxy) is 3. The normalized spacial score (nSPS) is 17.3. The smallest absolute Gasteiger partial charge is 0.260 e. The summed E-state index contributed by atoms with van der Waals surface area (Å²) in [4.78, 5) is 18.0. The lowest BCUT2D eigenvalue weighted by atomic mass is 10.3. The Bertz CT molecular complexity index is 636. The number of aromatic nitrogens is 1. The Hall–Kier alpha value is -2.60. The summed E-state index contributed by atoms with van der Waals surface area (Å²) >= 11 is 0. The van der Waals surface area contributed by atoms with Gasteiger partial charge in [0.2, 0.25) is 0 Å². The molecule has 6 heteroatoms. The number of benzene rings is 1. The second-order valence-corrected chi connectivity index (χ2v) is 5.43. The minimum Gasteiger partial charge on any atom is -0.489 e. The van der Waals surface area contributed by atoms with Crippen molar-refractivity contribution in [2.75, 3.05) is 32.9 Å². The first-order valence-electron chi connectivity index (χ1n) is 7.91. The quantitative estimate of drug-likeness (QED) is 0.809. The first-order chi connectivity index (χ1) is 11.8. The molecule has 2 heterocycles. The van der Waals surface area contributed by atoms with Crippen LogP contribution in [0.4, 0.5) is 0 Å². The van der Waals surface area contributed by atoms with Crippen molar-refractivity contribution in [1.29, 1.82) is 0 Å². The molecule has 24 heavy (non-hydrogen) atoms. The van der Waals surface area contributed by atoms with Gasteiger partial charge in [0.15, 0.2) is 6.61 Å². The maximum absolute atomic E-state index is 12.3. The van der Waals surface area contributed by atoms with Gasteiger partial charge < -0.3 is 19.1 Å². The molecule has 0 saturated carbocycles. The molecule has 0 bridgehead atoms. The number of hydrogen-bond acceptors (Lipinski definition) is 5. The van der Waals surface area contributed by atoms with Crippen molar-refractivity contribution < 1.29 is 19.0 Å². The van der Waals surface area contributed by atoms with Gasteiger partial charge in [-0.3, -0.25) is 9.78 Å². The third-order valence-corrected chi connectivity index (χ3v) is 3.67. The van der Waals surface area contributed by atoms with Crippen molar-refractivity contribution in [1.82, 2.24) is 9.88 Å². The summed E-state index contributed by atoms with van der Waals surface area (Å²) in [6.45, 7) is 1.98. The highest BCUT2D eigenvalue weighted by atomic mass is 16.5. The lowest BCUT2D eigenvalue weighted by Crippen LogP contribution is -2.49. The van der Waals surface area contributed by atoms with Gasteiger partial charge in [0, 0.05) is 12.7 Å². The van der Waals surface area contributed by atoms with E-state index in [4.69, 9.17) is 14.2 Å². The molecule has 1 amide bonds. The van der Waals surface area contributed by atoms with Crippen LogP contribution in [0.15, 0.2) is 54.9 Å². The van der Waals surface area contributed by atoms with Crippen molar-refractivity contribution in [2.24, 2.45) is 0 Å². The zero-order valence-electron chi connectivity index (χ0n) is 13.3. The molecule has 1 fully saturated rings. The van der Waals surface area contributed by atoms with Gasteiger partial charge in [-0.15, -0.1) is 0 Å². The van der Waals surface area contributed by atoms with Crippen molar-refractivity contribution in [3.63, 3.8) is 0 Å². The molecule has 0 spiro atoms. The van der Waals surface area contributed by atoms with E-state index in [-0.39, 0.29) is 18.6 Å². The molecule has 1 atom stereocenters. The first kappa shape index (κ1) is 16.3. The fraction of sp³-hybridized carbons (Fsp3) is 0.333. The van der Waals surface area contributed by atoms with E-state index in [0.29, 0.717) is 37.8 Å². The zero-order chi connectivity index (χ0) is 16.6. The summed E-state index contributed by atoms with van der Waals surface area (Å²) in [6, 6.07) is 13.0. The molecule has 6 nitrogen and oxygen atoms in total. The van der Waals surface area contributed by atoms with Crippen LogP contribution in [0.2, 0.25) is 0 Å². The molecule has 2 aromatic rings. The van der Waals surface area contributed by atoms with Crippen LogP contribution in [-0.4, -0.2) is 54.8 Å². The van der Waals surface area contributed by atoms with Gasteiger partial charge in [0.25, 0.3) is 5.91 Å². The van der Waals surface area contributed by atoms with E-state index in [1.807, 2.05) is 42.5 Å². The van der Waals surface area contributed by atoms with Crippen LogP contribution in [0.5, 0.6) is 11.5 Å². The number of para-hydroxylation sites is 1. The molecule has 126 valence electrons. The SMILES string of the molecule is O=C(COc1ccccc1)N1CCOC(COc2cccnc2)C1. The lowest BCUT2D eigenvalue weighted by molar-refractivity contribution is -0.142. The standard InChI is InChI=1S/C18H20N2O4/c21-18(14-24-15-5-2-1-3-6-15)20-9-10-22-17(12-20)13-23-16-7-4-8-19-11-16/h1-8,11,17H,9-10,12-14H2. The Balaban J connectivity index is 1.45. The fourth-order valence-electron chi connectivity index (χ4n) is 2.42. The third kappa shape index (κ3) is 4.70. The van der Waals surface area contributed by atoms with Crippen molar-refractivity contribution in [3.05, 3.63) is 54.9 Å². The molecule has 1 saturated heterocycles. The minimum absolute atomic E-state index is 0.0280. The summed E-state index contributed by atoms with van der Waals surface area (Å²) in [5.41, 5.74) is 0. The number of nitrogens with zero attached hydrogens (tertiary/aromatic N) is 2. The largest absolute Gasteiger partial charge is 0.489 e. The monoisotopic (exact) mass is 328 g/mol. The average Bonchev–Trinajstić information content (AvgIpc) is 2.66. The maximum Gasteiger partial charge on any atom is 0.260 e. The summed E-state index contributed by atoms with van der Waals surface area (Å²) < 4.78 is 16.8. The van der Waals surface area contributed by atoms with Crippen LogP contribution < -0.4 is 9.47 Å². The Kier molecular flexibility index (Phi) is 5.63. The maximum atomic E-state index is 12.3. The number of carbonyl (C=O) groups is 1. The third-order valence-electron chi connectivity index (χ3n) is 3.67. The Morgan fingerprint density at radius 2 is 2.00 bits per heavy atom. The second kappa shape index (κ2) is 8.31. The van der Waals surface area contributed by atoms with Gasteiger partial charge in [0.1, 0.15) is 24.2 Å². The Morgan fingerprint density at radius 3 is 2.79 bits per heavy atom. The van der Waals surface area contributed by atoms with Crippen molar-refractivity contribution in [3.8, 4) is 11.5 Å². The zero-order valence-corrected chi connectivity index (χ0v) is 13.3. The number of amides is 1. The summed E-state index contributed by atoms with van der Waals surface area (Å²) in [6.07, 6.45) is 3.19. The van der Waals surface area contributed by atoms with E-state index < -0.39 is 0 Å². The molecular weight excluding hydrogens is 308 g/mol. The van der Waals surface area contributed by atoms with Crippen LogP contribution in [0.1, 0.15) is 0 Å². The number of carbonyl (C=O) groups excluding carboxylic acids is 1. The molecule has 1 aromatic heterocycles. The number of morpholine rings is 1. The van der Waals surface area contributed by atoms with Gasteiger partial charge >= 0.3 is 0 Å². The van der Waals surface area contributed by atoms with Crippen LogP contribution in [0, 0.1) is 0 Å². The predicted molar refractivity (Wildman–Crippen MR) is 88.0 cm³/mol. The van der Waals surface area contributed by atoms with Crippen LogP contribution in [-0.2, 0) is 9.53 Å². The second-order valence-electron chi connectivity index (χ2n) is 5.43. The van der Waals surface area contributed by atoms with Gasteiger partial charge in [-0.25, -0.2) is 0 Å². The van der Waals surface area contributed by atoms with Gasteiger partial charge in [-0.1, -0.05) is 18.2 Å². The van der Waals surface area contributed by atoms with E-state index in [0.717, 1.165) is 0 Å². The molecule has 0 N–H and O–H groups in total. The Morgan fingerprint density at radius 1 is 1.17 bits per heavy atom. The number of rotatable bonds is 6. The first-order valence-corrected chi connectivity index (χ1v) is 7.91. The van der Waals surface area contributed by atoms with E-state index in [1.54, 1.807) is 17.3 Å². The van der Waals surface area contributed by atoms with Crippen LogP contribution >= 0.6 is 0 Å². The lowest BCUT2D eigenvalue weighted by Gasteiger charge is -2.32. The number of pyridine rings is 1. The molecule has 1 aromatic carbocycles. The van der Waals surface area contributed by atoms with Crippen molar-refractivity contribution in [2.45, 2.75) is 6.10 Å². The summed E-state index contributed by atoms with van der Waals surface area (Å²) in [5, 5.41) is 0. The molecule has 1 aliphatic rings.